The first-order valence-electron chi connectivity index (χ1n) is 8.32. The van der Waals surface area contributed by atoms with Crippen molar-refractivity contribution in [2.24, 2.45) is 0 Å². The van der Waals surface area contributed by atoms with Crippen LogP contribution in [0.25, 0.3) is 10.9 Å². The lowest BCUT2D eigenvalue weighted by molar-refractivity contribution is -0.114. The highest BCUT2D eigenvalue weighted by atomic mass is 79.9. The Morgan fingerprint density at radius 3 is 2.44 bits per heavy atom. The number of hydrogen-bond acceptors (Lipinski definition) is 4. The second-order valence-corrected chi connectivity index (χ2v) is 6.67. The van der Waals surface area contributed by atoms with Crippen molar-refractivity contribution in [3.63, 3.8) is 0 Å². The molecular formula is C20H17BrN2O4. The molecule has 1 aromatic heterocycles. The van der Waals surface area contributed by atoms with Crippen LogP contribution in [0.4, 0.5) is 5.69 Å². The van der Waals surface area contributed by atoms with Gasteiger partial charge in [-0.2, -0.15) is 0 Å². The average Bonchev–Trinajstić information content (AvgIpc) is 2.99. The summed E-state index contributed by atoms with van der Waals surface area (Å²) < 4.78 is 5.66. The first-order valence-corrected chi connectivity index (χ1v) is 9.12. The average molecular weight is 429 g/mol. The lowest BCUT2D eigenvalue weighted by atomic mass is 10.0. The smallest absolute Gasteiger partial charge is 0.340 e. The summed E-state index contributed by atoms with van der Waals surface area (Å²) in [4.78, 5) is 40.3. The Kier molecular flexibility index (Phi) is 5.41. The fourth-order valence-corrected chi connectivity index (χ4v) is 3.36. The van der Waals surface area contributed by atoms with Gasteiger partial charge in [-0.05, 0) is 35.0 Å². The standard InChI is InChI=1S/C20H17BrN2O4/c1-3-27-20(26)15-13(21)9-10-14-16(15)17(22-11(2)24)18(23-14)19(25)12-7-5-4-6-8-12/h4-10,23H,3H2,1-2H3,(H,22,24). The Morgan fingerprint density at radius 2 is 1.81 bits per heavy atom. The molecule has 138 valence electrons. The highest BCUT2D eigenvalue weighted by Crippen LogP contribution is 2.36. The van der Waals surface area contributed by atoms with Crippen LogP contribution in [-0.2, 0) is 9.53 Å². The maximum Gasteiger partial charge on any atom is 0.340 e. The molecule has 6 nitrogen and oxygen atoms in total. The van der Waals surface area contributed by atoms with E-state index >= 15 is 0 Å². The van der Waals surface area contributed by atoms with E-state index in [9.17, 15) is 14.4 Å². The highest BCUT2D eigenvalue weighted by molar-refractivity contribution is 9.10. The van der Waals surface area contributed by atoms with Crippen LogP contribution in [0.15, 0.2) is 46.9 Å². The molecule has 3 rings (SSSR count). The van der Waals surface area contributed by atoms with Gasteiger partial charge in [0.2, 0.25) is 11.7 Å². The Bertz CT molecular complexity index is 1040. The fraction of sp³-hybridized carbons (Fsp3) is 0.150. The summed E-state index contributed by atoms with van der Waals surface area (Å²) in [6, 6.07) is 12.1. The van der Waals surface area contributed by atoms with Crippen molar-refractivity contribution in [1.82, 2.24) is 4.98 Å². The van der Waals surface area contributed by atoms with Crippen LogP contribution in [0, 0.1) is 0 Å². The van der Waals surface area contributed by atoms with Gasteiger partial charge in [0.05, 0.1) is 17.9 Å². The van der Waals surface area contributed by atoms with Crippen LogP contribution < -0.4 is 5.32 Å². The van der Waals surface area contributed by atoms with Crippen LogP contribution in [-0.4, -0.2) is 29.3 Å². The van der Waals surface area contributed by atoms with Gasteiger partial charge in [-0.1, -0.05) is 30.3 Å². The second-order valence-electron chi connectivity index (χ2n) is 5.82. The Balaban J connectivity index is 2.29. The summed E-state index contributed by atoms with van der Waals surface area (Å²) >= 11 is 3.37. The molecule has 0 saturated carbocycles. The monoisotopic (exact) mass is 428 g/mol. The molecule has 27 heavy (non-hydrogen) atoms. The Hall–Kier alpha value is -2.93. The predicted octanol–water partition coefficient (Wildman–Crippen LogP) is 4.30. The number of halogens is 1. The van der Waals surface area contributed by atoms with Gasteiger partial charge in [0.1, 0.15) is 5.69 Å². The van der Waals surface area contributed by atoms with E-state index < -0.39 is 5.97 Å². The Labute approximate surface area is 164 Å². The third-order valence-corrected chi connectivity index (χ3v) is 4.62. The molecule has 7 heteroatoms. The molecule has 1 amide bonds. The summed E-state index contributed by atoms with van der Waals surface area (Å²) in [5.41, 5.74) is 1.73. The van der Waals surface area contributed by atoms with Gasteiger partial charge < -0.3 is 15.0 Å². The van der Waals surface area contributed by atoms with Crippen molar-refractivity contribution < 1.29 is 19.1 Å². The number of nitrogens with one attached hydrogen (secondary N) is 2. The SMILES string of the molecule is CCOC(=O)c1c(Br)ccc2[nH]c(C(=O)c3ccccc3)c(NC(C)=O)c12. The van der Waals surface area contributed by atoms with E-state index in [-0.39, 0.29) is 35.2 Å². The molecular weight excluding hydrogens is 412 g/mol. The first-order chi connectivity index (χ1) is 12.9. The van der Waals surface area contributed by atoms with Gasteiger partial charge in [0.25, 0.3) is 0 Å². The largest absolute Gasteiger partial charge is 0.462 e. The number of esters is 1. The van der Waals surface area contributed by atoms with Gasteiger partial charge in [0.15, 0.2) is 0 Å². The van der Waals surface area contributed by atoms with Crippen LogP contribution in [0.5, 0.6) is 0 Å². The lowest BCUT2D eigenvalue weighted by Crippen LogP contribution is -2.12. The van der Waals surface area contributed by atoms with Crippen LogP contribution in [0.1, 0.15) is 40.3 Å². The maximum atomic E-state index is 13.0. The highest BCUT2D eigenvalue weighted by Gasteiger charge is 2.26. The molecule has 0 aliphatic rings. The maximum absolute atomic E-state index is 13.0. The van der Waals surface area contributed by atoms with Crippen molar-refractivity contribution >= 4 is 50.2 Å². The van der Waals surface area contributed by atoms with Gasteiger partial charge in [0, 0.05) is 27.9 Å². The molecule has 2 aromatic carbocycles. The third-order valence-electron chi connectivity index (χ3n) is 3.96. The lowest BCUT2D eigenvalue weighted by Gasteiger charge is -2.09. The van der Waals surface area contributed by atoms with Gasteiger partial charge in [-0.15, -0.1) is 0 Å². The number of carbonyl (C=O) groups is 3. The molecule has 1 heterocycles. The van der Waals surface area contributed by atoms with Crippen molar-refractivity contribution in [3.05, 3.63) is 63.8 Å². The number of fused-ring (bicyclic) bond motifs is 1. The number of hydrogen-bond donors (Lipinski definition) is 2. The summed E-state index contributed by atoms with van der Waals surface area (Å²) in [5.74, 6) is -1.19. The molecule has 2 N–H and O–H groups in total. The number of amides is 1. The minimum Gasteiger partial charge on any atom is -0.462 e. The van der Waals surface area contributed by atoms with E-state index in [1.165, 1.54) is 6.92 Å². The summed E-state index contributed by atoms with van der Waals surface area (Å²) in [6.07, 6.45) is 0. The molecule has 0 spiro atoms. The molecule has 0 bridgehead atoms. The van der Waals surface area contributed by atoms with E-state index in [1.54, 1.807) is 43.3 Å². The van der Waals surface area contributed by atoms with Gasteiger partial charge in [-0.25, -0.2) is 4.79 Å². The van der Waals surface area contributed by atoms with Crippen LogP contribution in [0.3, 0.4) is 0 Å². The van der Waals surface area contributed by atoms with E-state index in [1.807, 2.05) is 6.07 Å². The topological polar surface area (TPSA) is 88.3 Å². The number of carbonyl (C=O) groups excluding carboxylic acids is 3. The third kappa shape index (κ3) is 3.64. The fourth-order valence-electron chi connectivity index (χ4n) is 2.87. The minimum atomic E-state index is -0.542. The second kappa shape index (κ2) is 7.75. The predicted molar refractivity (Wildman–Crippen MR) is 106 cm³/mol. The molecule has 0 atom stereocenters. The number of benzene rings is 2. The number of anilines is 1. The van der Waals surface area contributed by atoms with Gasteiger partial charge >= 0.3 is 5.97 Å². The molecule has 0 radical (unpaired) electrons. The molecule has 0 aliphatic carbocycles. The minimum absolute atomic E-state index is 0.204. The van der Waals surface area contributed by atoms with Crippen molar-refractivity contribution in [1.29, 1.82) is 0 Å². The number of rotatable bonds is 5. The molecule has 0 unspecified atom stereocenters. The number of aromatic nitrogens is 1. The molecule has 0 aliphatic heterocycles. The van der Waals surface area contributed by atoms with E-state index in [0.717, 1.165) is 0 Å². The zero-order chi connectivity index (χ0) is 19.6. The molecule has 3 aromatic rings. The zero-order valence-electron chi connectivity index (χ0n) is 14.8. The molecule has 0 fully saturated rings. The quantitative estimate of drug-likeness (QED) is 0.468. The Morgan fingerprint density at radius 1 is 1.11 bits per heavy atom. The summed E-state index contributed by atoms with van der Waals surface area (Å²) in [6.45, 7) is 3.26. The van der Waals surface area contributed by atoms with Crippen molar-refractivity contribution in [2.75, 3.05) is 11.9 Å². The zero-order valence-corrected chi connectivity index (χ0v) is 16.3. The van der Waals surface area contributed by atoms with Crippen molar-refractivity contribution in [3.8, 4) is 0 Å². The van der Waals surface area contributed by atoms with Gasteiger partial charge in [-0.3, -0.25) is 9.59 Å². The van der Waals surface area contributed by atoms with Crippen molar-refractivity contribution in [2.45, 2.75) is 13.8 Å². The number of aromatic amines is 1. The number of H-pyrrole nitrogens is 1. The summed E-state index contributed by atoms with van der Waals surface area (Å²) in [5, 5.41) is 3.12. The van der Waals surface area contributed by atoms with E-state index in [2.05, 4.69) is 26.2 Å². The summed E-state index contributed by atoms with van der Waals surface area (Å²) in [7, 11) is 0. The number of ketones is 1. The first kappa shape index (κ1) is 18.8. The van der Waals surface area contributed by atoms with E-state index in [0.29, 0.717) is 20.9 Å². The normalized spacial score (nSPS) is 10.6. The van der Waals surface area contributed by atoms with Crippen LogP contribution in [0.2, 0.25) is 0 Å². The van der Waals surface area contributed by atoms with E-state index in [4.69, 9.17) is 4.74 Å². The van der Waals surface area contributed by atoms with Crippen LogP contribution >= 0.6 is 15.9 Å². The molecule has 0 saturated heterocycles. The number of ether oxygens (including phenoxy) is 1.